The van der Waals surface area contributed by atoms with E-state index in [0.29, 0.717) is 0 Å². The lowest BCUT2D eigenvalue weighted by atomic mass is 9.93. The fourth-order valence-corrected chi connectivity index (χ4v) is 2.21. The summed E-state index contributed by atoms with van der Waals surface area (Å²) in [6.07, 6.45) is 0.289. The molecular formula is C15H10ClF2N. The van der Waals surface area contributed by atoms with Gasteiger partial charge in [0.15, 0.2) is 0 Å². The van der Waals surface area contributed by atoms with Crippen LogP contribution in [0.5, 0.6) is 0 Å². The lowest BCUT2D eigenvalue weighted by molar-refractivity contribution is 0.599. The fourth-order valence-electron chi connectivity index (χ4n) is 1.91. The Morgan fingerprint density at radius 3 is 2.37 bits per heavy atom. The van der Waals surface area contributed by atoms with Gasteiger partial charge < -0.3 is 0 Å². The van der Waals surface area contributed by atoms with Crippen LogP contribution >= 0.6 is 11.6 Å². The predicted octanol–water partition coefficient (Wildman–Crippen LogP) is 4.47. The lowest BCUT2D eigenvalue weighted by Gasteiger charge is -2.12. The van der Waals surface area contributed by atoms with Crippen molar-refractivity contribution < 1.29 is 8.78 Å². The van der Waals surface area contributed by atoms with Crippen LogP contribution in [0, 0.1) is 23.0 Å². The maximum absolute atomic E-state index is 13.8. The van der Waals surface area contributed by atoms with Crippen LogP contribution in [0.25, 0.3) is 0 Å². The minimum absolute atomic E-state index is 0.191. The van der Waals surface area contributed by atoms with Crippen molar-refractivity contribution in [3.05, 3.63) is 70.2 Å². The summed E-state index contributed by atoms with van der Waals surface area (Å²) >= 11 is 5.94. The molecule has 2 aromatic rings. The normalized spacial score (nSPS) is 11.9. The standard InChI is InChI=1S/C15H10ClF2N/c16-13-2-1-3-14(18)15(13)11(9-19)8-10-4-6-12(17)7-5-10/h1-7,11H,8H2. The summed E-state index contributed by atoms with van der Waals surface area (Å²) in [5, 5.41) is 9.43. The molecule has 0 saturated carbocycles. The highest BCUT2D eigenvalue weighted by Crippen LogP contribution is 2.29. The molecule has 1 unspecified atom stereocenters. The summed E-state index contributed by atoms with van der Waals surface area (Å²) in [5.41, 5.74) is 0.947. The highest BCUT2D eigenvalue weighted by Gasteiger charge is 2.19. The number of nitriles is 1. The average molecular weight is 278 g/mol. The van der Waals surface area contributed by atoms with Gasteiger partial charge in [0, 0.05) is 10.6 Å². The number of hydrogen-bond donors (Lipinski definition) is 0. The van der Waals surface area contributed by atoms with Gasteiger partial charge in [-0.25, -0.2) is 8.78 Å². The third-order valence-corrected chi connectivity index (χ3v) is 3.19. The van der Waals surface area contributed by atoms with Crippen molar-refractivity contribution in [2.45, 2.75) is 12.3 Å². The molecule has 2 aromatic carbocycles. The number of rotatable bonds is 3. The van der Waals surface area contributed by atoms with E-state index in [1.165, 1.54) is 24.3 Å². The van der Waals surface area contributed by atoms with Crippen molar-refractivity contribution in [3.8, 4) is 6.07 Å². The second-order valence-electron chi connectivity index (χ2n) is 4.15. The molecule has 4 heteroatoms. The van der Waals surface area contributed by atoms with Gasteiger partial charge in [0.25, 0.3) is 0 Å². The molecule has 0 amide bonds. The molecule has 0 heterocycles. The maximum atomic E-state index is 13.8. The first-order valence-electron chi connectivity index (χ1n) is 5.70. The molecule has 0 aliphatic rings. The molecule has 19 heavy (non-hydrogen) atoms. The zero-order valence-electron chi connectivity index (χ0n) is 9.91. The van der Waals surface area contributed by atoms with E-state index in [9.17, 15) is 14.0 Å². The van der Waals surface area contributed by atoms with Gasteiger partial charge in [-0.3, -0.25) is 0 Å². The first kappa shape index (κ1) is 13.5. The summed E-state index contributed by atoms with van der Waals surface area (Å²) in [6.45, 7) is 0. The van der Waals surface area contributed by atoms with E-state index in [-0.39, 0.29) is 22.8 Å². The van der Waals surface area contributed by atoms with Crippen LogP contribution in [0.1, 0.15) is 17.0 Å². The Morgan fingerprint density at radius 1 is 1.11 bits per heavy atom. The van der Waals surface area contributed by atoms with Crippen LogP contribution in [0.15, 0.2) is 42.5 Å². The van der Waals surface area contributed by atoms with E-state index in [1.807, 2.05) is 6.07 Å². The molecule has 0 bridgehead atoms. The van der Waals surface area contributed by atoms with E-state index in [0.717, 1.165) is 5.56 Å². The number of halogens is 3. The Labute approximate surface area is 115 Å². The molecule has 0 aliphatic heterocycles. The SMILES string of the molecule is N#CC(Cc1ccc(F)cc1)c1c(F)cccc1Cl. The van der Waals surface area contributed by atoms with E-state index >= 15 is 0 Å². The highest BCUT2D eigenvalue weighted by molar-refractivity contribution is 6.31. The molecule has 0 aromatic heterocycles. The van der Waals surface area contributed by atoms with Crippen molar-refractivity contribution >= 4 is 11.6 Å². The van der Waals surface area contributed by atoms with Crippen LogP contribution in [0.2, 0.25) is 5.02 Å². The van der Waals surface area contributed by atoms with Crippen LogP contribution in [0.3, 0.4) is 0 Å². The van der Waals surface area contributed by atoms with Crippen molar-refractivity contribution in [3.63, 3.8) is 0 Å². The third kappa shape index (κ3) is 3.10. The molecule has 0 saturated heterocycles. The van der Waals surface area contributed by atoms with E-state index in [2.05, 4.69) is 0 Å². The number of benzene rings is 2. The molecule has 0 aliphatic carbocycles. The minimum Gasteiger partial charge on any atom is -0.207 e. The molecule has 0 radical (unpaired) electrons. The lowest BCUT2D eigenvalue weighted by Crippen LogP contribution is -2.04. The summed E-state index contributed by atoms with van der Waals surface area (Å²) in [7, 11) is 0. The number of nitrogens with zero attached hydrogens (tertiary/aromatic N) is 1. The Hall–Kier alpha value is -1.92. The molecule has 0 spiro atoms. The van der Waals surface area contributed by atoms with Gasteiger partial charge in [-0.15, -0.1) is 0 Å². The highest BCUT2D eigenvalue weighted by atomic mass is 35.5. The summed E-state index contributed by atoms with van der Waals surface area (Å²) in [5.74, 6) is -1.54. The molecular weight excluding hydrogens is 268 g/mol. The molecule has 0 fully saturated rings. The zero-order valence-corrected chi connectivity index (χ0v) is 10.7. The fraction of sp³-hybridized carbons (Fsp3) is 0.133. The first-order valence-corrected chi connectivity index (χ1v) is 6.07. The summed E-state index contributed by atoms with van der Waals surface area (Å²) < 4.78 is 26.6. The van der Waals surface area contributed by atoms with Crippen molar-refractivity contribution in [1.82, 2.24) is 0 Å². The predicted molar refractivity (Wildman–Crippen MR) is 69.9 cm³/mol. The van der Waals surface area contributed by atoms with Gasteiger partial charge in [0.2, 0.25) is 0 Å². The van der Waals surface area contributed by atoms with E-state index in [4.69, 9.17) is 11.6 Å². The summed E-state index contributed by atoms with van der Waals surface area (Å²) in [4.78, 5) is 0. The second-order valence-corrected chi connectivity index (χ2v) is 4.55. The topological polar surface area (TPSA) is 23.8 Å². The van der Waals surface area contributed by atoms with Crippen LogP contribution < -0.4 is 0 Å². The molecule has 96 valence electrons. The van der Waals surface area contributed by atoms with Gasteiger partial charge in [-0.2, -0.15) is 5.26 Å². The van der Waals surface area contributed by atoms with Crippen molar-refractivity contribution in [1.29, 1.82) is 5.26 Å². The monoisotopic (exact) mass is 277 g/mol. The minimum atomic E-state index is -0.695. The zero-order chi connectivity index (χ0) is 13.8. The maximum Gasteiger partial charge on any atom is 0.129 e. The Kier molecular flexibility index (Phi) is 4.13. The Balaban J connectivity index is 2.31. The number of hydrogen-bond acceptors (Lipinski definition) is 1. The van der Waals surface area contributed by atoms with Gasteiger partial charge in [-0.1, -0.05) is 29.8 Å². The van der Waals surface area contributed by atoms with Gasteiger partial charge in [0.1, 0.15) is 11.6 Å². The van der Waals surface area contributed by atoms with E-state index < -0.39 is 11.7 Å². The largest absolute Gasteiger partial charge is 0.207 e. The van der Waals surface area contributed by atoms with Crippen molar-refractivity contribution in [2.75, 3.05) is 0 Å². The van der Waals surface area contributed by atoms with Gasteiger partial charge in [-0.05, 0) is 36.2 Å². The Bertz CT molecular complexity index is 597. The third-order valence-electron chi connectivity index (χ3n) is 2.86. The smallest absolute Gasteiger partial charge is 0.129 e. The van der Waals surface area contributed by atoms with Crippen LogP contribution in [-0.4, -0.2) is 0 Å². The van der Waals surface area contributed by atoms with Crippen LogP contribution in [-0.2, 0) is 6.42 Å². The Morgan fingerprint density at radius 2 is 1.79 bits per heavy atom. The van der Waals surface area contributed by atoms with Crippen LogP contribution in [0.4, 0.5) is 8.78 Å². The quantitative estimate of drug-likeness (QED) is 0.812. The van der Waals surface area contributed by atoms with E-state index in [1.54, 1.807) is 18.2 Å². The molecule has 1 atom stereocenters. The van der Waals surface area contributed by atoms with Crippen molar-refractivity contribution in [2.24, 2.45) is 0 Å². The molecule has 2 rings (SSSR count). The molecule has 1 nitrogen and oxygen atoms in total. The second kappa shape index (κ2) is 5.81. The van der Waals surface area contributed by atoms with Gasteiger partial charge in [0.05, 0.1) is 12.0 Å². The summed E-state index contributed by atoms with van der Waals surface area (Å²) in [6, 6.07) is 12.1. The molecule has 0 N–H and O–H groups in total. The average Bonchev–Trinajstić information content (AvgIpc) is 2.39. The first-order chi connectivity index (χ1) is 9.11. The van der Waals surface area contributed by atoms with Gasteiger partial charge >= 0.3 is 0 Å².